The van der Waals surface area contributed by atoms with Crippen molar-refractivity contribution in [2.24, 2.45) is 0 Å². The van der Waals surface area contributed by atoms with Gasteiger partial charge in [0.1, 0.15) is 0 Å². The first-order chi connectivity index (χ1) is 58.8. The van der Waals surface area contributed by atoms with Crippen molar-refractivity contribution in [3.05, 3.63) is 97.3 Å². The van der Waals surface area contributed by atoms with Gasteiger partial charge in [-0.3, -0.25) is 0 Å². The summed E-state index contributed by atoms with van der Waals surface area (Å²) >= 11 is 34.2. The minimum atomic E-state index is -0.596. The number of nitrogens with one attached hydrogen (secondary N) is 4. The number of fused-ring (bicyclic) bond motifs is 15. The van der Waals surface area contributed by atoms with E-state index in [1.807, 2.05) is 212 Å². The van der Waals surface area contributed by atoms with Crippen LogP contribution in [0.4, 0.5) is 0 Å². The summed E-state index contributed by atoms with van der Waals surface area (Å²) in [5, 5.41) is 4.05. The van der Waals surface area contributed by atoms with Gasteiger partial charge in [-0.05, 0) is 41.5 Å². The molecule has 0 unspecified atom stereocenters. The van der Waals surface area contributed by atoms with Gasteiger partial charge in [0.05, 0.1) is 249 Å². The summed E-state index contributed by atoms with van der Waals surface area (Å²) in [6.45, 7) is 41.6. The topological polar surface area (TPSA) is 226 Å². The Morgan fingerprint density at radius 1 is 0.240 bits per heavy atom. The number of rotatable bonds is 60. The van der Waals surface area contributed by atoms with Gasteiger partial charge < -0.3 is 106 Å². The molecule has 0 saturated carbocycles. The number of aromatic amines is 3. The summed E-state index contributed by atoms with van der Waals surface area (Å²) in [4.78, 5) is 20.6. The predicted octanol–water partition coefficient (Wildman–Crippen LogP) is 20.3. The molecule has 0 amide bonds. The molecule has 3 aromatic rings. The summed E-state index contributed by atoms with van der Waals surface area (Å²) in [6.07, 6.45) is 0. The second-order valence-corrected chi connectivity index (χ2v) is 51.2. The van der Waals surface area contributed by atoms with E-state index < -0.39 is 21.7 Å². The third-order valence-corrected chi connectivity index (χ3v) is 44.7. The Hall–Kier alpha value is 1.40. The van der Waals surface area contributed by atoms with Crippen LogP contribution in [0.2, 0.25) is 0 Å². The number of hydrogen-bond acceptors (Lipinski definition) is 37. The molecule has 4 N–H and O–H groups in total. The van der Waals surface area contributed by atoms with Crippen molar-refractivity contribution >= 4 is 212 Å². The highest BCUT2D eigenvalue weighted by molar-refractivity contribution is 8.44. The van der Waals surface area contributed by atoms with Crippen molar-refractivity contribution in [2.75, 3.05) is 282 Å². The number of H-pyrrole nitrogens is 3. The third kappa shape index (κ3) is 31.2. The van der Waals surface area contributed by atoms with Crippen LogP contribution in [0, 0.1) is 0 Å². The molecule has 0 aliphatic carbocycles. The summed E-state index contributed by atoms with van der Waals surface area (Å²) in [5.41, 5.74) is 5.93. The van der Waals surface area contributed by atoms with Gasteiger partial charge >= 0.3 is 0 Å². The molecule has 0 radical (unpaired) electrons. The average molecular weight is 2020 g/mol. The van der Waals surface area contributed by atoms with Crippen molar-refractivity contribution in [3.8, 4) is 0 Å². The molecule has 682 valence electrons. The maximum Gasteiger partial charge on any atom is 0.0717 e. The van der Waals surface area contributed by atoms with Gasteiger partial charge in [-0.15, -0.1) is 70.6 Å². The molecule has 0 spiro atoms. The van der Waals surface area contributed by atoms with E-state index in [1.54, 1.807) is 42.7 Å². The van der Waals surface area contributed by atoms with Crippen molar-refractivity contribution < 1.29 is 85.3 Å². The van der Waals surface area contributed by atoms with Crippen LogP contribution in [0.5, 0.6) is 0 Å². The van der Waals surface area contributed by atoms with Crippen molar-refractivity contribution in [1.29, 1.82) is 0 Å². The monoisotopic (exact) mass is 2010 g/mol. The molecule has 22 nitrogen and oxygen atoms in total. The lowest BCUT2D eigenvalue weighted by Crippen LogP contribution is -2.38. The number of thioether (sulfide) groups is 18. The summed E-state index contributed by atoms with van der Waals surface area (Å²) in [5.74, 6) is 4.89. The van der Waals surface area contributed by atoms with E-state index in [0.717, 1.165) is 45.9 Å². The number of aromatic nitrogens is 3. The first kappa shape index (κ1) is 104. The largest absolute Gasteiger partial charge is 0.387 e. The zero-order valence-electron chi connectivity index (χ0n) is 72.1. The summed E-state index contributed by atoms with van der Waals surface area (Å²) in [7, 11) is 10.1. The van der Waals surface area contributed by atoms with Crippen LogP contribution in [0.15, 0.2) is 92.5 Å². The van der Waals surface area contributed by atoms with Crippen LogP contribution >= 0.6 is 212 Å². The SMILES string of the molecule is C=C1NCC(C)(C)c2[nH]c(c3c2SC(=C2SC(SCCOCCOCCOC)=C(SCCOCCOCCOC)S2)S3)C(C)(C)c2[nH]c(c3c2SC(=C2SC(SCCOCCOCCOC)=C(SCCOCCOCCOC)S2)S3)C(C)(C)c2[nH]c(c3c2SC(=C2SC(SCCOCCOCCOC)=C(SCCOCCOCCOC)S2)S3)C1(C)C. The predicted molar refractivity (Wildman–Crippen MR) is 529 cm³/mol. The van der Waals surface area contributed by atoms with Gasteiger partial charge in [0.15, 0.2) is 0 Å². The Labute approximate surface area is 794 Å². The number of allylic oxidation sites excluding steroid dienone is 1. The highest BCUT2D eigenvalue weighted by Crippen LogP contribution is 2.71. The fourth-order valence-corrected chi connectivity index (χ4v) is 39.1. The highest BCUT2D eigenvalue weighted by Gasteiger charge is 2.49. The van der Waals surface area contributed by atoms with Crippen LogP contribution in [0.1, 0.15) is 89.6 Å². The molecular formula is C81H122N4O18S18. The lowest BCUT2D eigenvalue weighted by molar-refractivity contribution is 0.0286. The van der Waals surface area contributed by atoms with E-state index >= 15 is 0 Å². The normalized spacial score (nSPS) is 18.0. The number of hydrogen-bond donors (Lipinski definition) is 4. The van der Waals surface area contributed by atoms with Crippen molar-refractivity contribution in [3.63, 3.8) is 0 Å². The standard InChI is InChI=1S/C81H122N4O18S18/c1-53-79(4,5)61-56-57(113-73(112-56)76-118-68(106-48-42-100-36-30-94-24-18-88-12)69(119-76)107-49-43-101-37-31-95-25-19-89-13)63(84-61)81(8,9)65-59-58(114-74(115-59)77-120-70(108-50-44-102-38-32-96-26-20-90-14)71(121-77)109-51-45-103-39-33-97-27-21-91-15)64(85-65)80(6,7)62-55-54(60(83-62)78(2,3)52-82-53)110-72(111-55)75-116-66(104-46-40-98-34-28-92-22-16-86-10)67(117-75)105-47-41-99-35-29-93-23-17-87-11/h82-85H,1,16-52H2,2-15H3. The van der Waals surface area contributed by atoms with Crippen LogP contribution in [0.25, 0.3) is 0 Å². The quantitative estimate of drug-likeness (QED) is 0.0385. The molecule has 7 aliphatic rings. The van der Waals surface area contributed by atoms with Crippen LogP contribution < -0.4 is 5.32 Å². The molecule has 7 aliphatic heterocycles. The average Bonchev–Trinajstić information content (AvgIpc) is 1.54. The zero-order chi connectivity index (χ0) is 85.9. The summed E-state index contributed by atoms with van der Waals surface area (Å²) in [6, 6.07) is 0. The van der Waals surface area contributed by atoms with E-state index in [-0.39, 0.29) is 0 Å². The lowest BCUT2D eigenvalue weighted by Gasteiger charge is -2.33. The first-order valence-electron chi connectivity index (χ1n) is 40.3. The molecule has 10 heterocycles. The molecule has 121 heavy (non-hydrogen) atoms. The minimum absolute atomic E-state index is 0.407. The van der Waals surface area contributed by atoms with E-state index in [4.69, 9.17) is 91.8 Å². The van der Waals surface area contributed by atoms with Gasteiger partial charge in [-0.2, -0.15) is 0 Å². The van der Waals surface area contributed by atoms with Gasteiger partial charge in [0.25, 0.3) is 0 Å². The fraction of sp³-hybridized carbons (Fsp3) is 0.679. The van der Waals surface area contributed by atoms with Crippen LogP contribution in [-0.4, -0.2) is 297 Å². The van der Waals surface area contributed by atoms with Gasteiger partial charge in [0, 0.05) is 175 Å². The van der Waals surface area contributed by atoms with Crippen LogP contribution in [0.3, 0.4) is 0 Å². The Balaban J connectivity index is 1.00. The first-order valence-corrected chi connectivity index (χ1v) is 56.0. The Morgan fingerprint density at radius 2 is 0.413 bits per heavy atom. The molecule has 6 bridgehead atoms. The lowest BCUT2D eigenvalue weighted by atomic mass is 9.84. The molecule has 0 fully saturated rings. The smallest absolute Gasteiger partial charge is 0.0717 e. The molecule has 0 aromatic carbocycles. The maximum absolute atomic E-state index is 6.15. The maximum atomic E-state index is 6.15. The molecule has 0 saturated heterocycles. The second-order valence-electron chi connectivity index (χ2n) is 29.3. The van der Waals surface area contributed by atoms with Gasteiger partial charge in [-0.25, -0.2) is 0 Å². The molecule has 40 heteroatoms. The van der Waals surface area contributed by atoms with E-state index in [0.29, 0.717) is 205 Å². The van der Waals surface area contributed by atoms with Crippen molar-refractivity contribution in [2.45, 2.75) is 106 Å². The number of methoxy groups -OCH3 is 6. The molecular weight excluding hydrogens is 1890 g/mol. The van der Waals surface area contributed by atoms with Crippen LogP contribution in [-0.2, 0) is 107 Å². The number of ether oxygens (including phenoxy) is 18. The summed E-state index contributed by atoms with van der Waals surface area (Å²) < 4.78 is 118. The molecule has 0 atom stereocenters. The zero-order valence-corrected chi connectivity index (χ0v) is 86.8. The second kappa shape index (κ2) is 55.9. The Kier molecular flexibility index (Phi) is 48.3. The van der Waals surface area contributed by atoms with E-state index in [2.05, 4.69) is 75.7 Å². The fourth-order valence-electron chi connectivity index (χ4n) is 12.1. The highest BCUT2D eigenvalue weighted by atomic mass is 32.3. The molecule has 3 aromatic heterocycles. The third-order valence-electron chi connectivity index (χ3n) is 18.9. The van der Waals surface area contributed by atoms with E-state index in [1.165, 1.54) is 109 Å². The Bertz CT molecular complexity index is 3830. The van der Waals surface area contributed by atoms with Gasteiger partial charge in [0.2, 0.25) is 0 Å². The van der Waals surface area contributed by atoms with Gasteiger partial charge in [-0.1, -0.05) is 162 Å². The minimum Gasteiger partial charge on any atom is -0.387 e. The Morgan fingerprint density at radius 3 is 0.628 bits per heavy atom. The van der Waals surface area contributed by atoms with E-state index in [9.17, 15) is 0 Å². The molecule has 10 rings (SSSR count). The van der Waals surface area contributed by atoms with Crippen molar-refractivity contribution in [1.82, 2.24) is 20.3 Å².